The van der Waals surface area contributed by atoms with Crippen LogP contribution in [0.1, 0.15) is 23.0 Å². The summed E-state index contributed by atoms with van der Waals surface area (Å²) in [6.07, 6.45) is 0.463. The highest BCUT2D eigenvalue weighted by molar-refractivity contribution is 9.10. The number of benzene rings is 1. The van der Waals surface area contributed by atoms with Crippen molar-refractivity contribution in [2.24, 2.45) is 0 Å². The summed E-state index contributed by atoms with van der Waals surface area (Å²) in [6.45, 7) is 1.81. The van der Waals surface area contributed by atoms with Gasteiger partial charge in [-0.3, -0.25) is 0 Å². The van der Waals surface area contributed by atoms with E-state index >= 15 is 0 Å². The lowest BCUT2D eigenvalue weighted by atomic mass is 10.0. The topological polar surface area (TPSA) is 72.6 Å². The minimum atomic E-state index is -1.06. The van der Waals surface area contributed by atoms with E-state index in [9.17, 15) is 9.90 Å². The molecule has 0 saturated heterocycles. The van der Waals surface area contributed by atoms with Gasteiger partial charge in [-0.25, -0.2) is 4.79 Å². The second kappa shape index (κ2) is 5.44. The minimum absolute atomic E-state index is 0.0823. The van der Waals surface area contributed by atoms with Crippen molar-refractivity contribution in [2.45, 2.75) is 13.3 Å². The van der Waals surface area contributed by atoms with Gasteiger partial charge in [0.1, 0.15) is 17.0 Å². The summed E-state index contributed by atoms with van der Waals surface area (Å²) in [4.78, 5) is 11.4. The SMILES string of the molecule is CCc1onc(-c2cc(Br)ccc2OC)c1C(=O)O. The van der Waals surface area contributed by atoms with Crippen molar-refractivity contribution in [1.82, 2.24) is 5.16 Å². The molecule has 1 heterocycles. The minimum Gasteiger partial charge on any atom is -0.496 e. The van der Waals surface area contributed by atoms with Gasteiger partial charge in [0.05, 0.1) is 7.11 Å². The Balaban J connectivity index is 2.68. The first-order valence-electron chi connectivity index (χ1n) is 5.64. The molecule has 5 nitrogen and oxygen atoms in total. The van der Waals surface area contributed by atoms with Gasteiger partial charge in [0.25, 0.3) is 0 Å². The van der Waals surface area contributed by atoms with Gasteiger partial charge in [-0.05, 0) is 18.2 Å². The van der Waals surface area contributed by atoms with Crippen LogP contribution in [0.3, 0.4) is 0 Å². The van der Waals surface area contributed by atoms with E-state index in [2.05, 4.69) is 21.1 Å². The van der Waals surface area contributed by atoms with Gasteiger partial charge < -0.3 is 14.4 Å². The molecule has 2 aromatic rings. The number of aromatic nitrogens is 1. The lowest BCUT2D eigenvalue weighted by Crippen LogP contribution is -2.01. The molecule has 0 bridgehead atoms. The van der Waals surface area contributed by atoms with Crippen molar-refractivity contribution < 1.29 is 19.2 Å². The van der Waals surface area contributed by atoms with Crippen LogP contribution in [0.25, 0.3) is 11.3 Å². The lowest BCUT2D eigenvalue weighted by Gasteiger charge is -2.07. The summed E-state index contributed by atoms with van der Waals surface area (Å²) >= 11 is 3.35. The zero-order chi connectivity index (χ0) is 14.0. The van der Waals surface area contributed by atoms with Crippen molar-refractivity contribution in [3.05, 3.63) is 34.0 Å². The number of ether oxygens (including phenoxy) is 1. The molecule has 0 spiro atoms. The molecule has 0 radical (unpaired) electrons. The standard InChI is InChI=1S/C13H12BrNO4/c1-3-9-11(13(16)17)12(15-19-9)8-6-7(14)4-5-10(8)18-2/h4-6H,3H2,1-2H3,(H,16,17). The summed E-state index contributed by atoms with van der Waals surface area (Å²) in [5.41, 5.74) is 0.944. The largest absolute Gasteiger partial charge is 0.496 e. The van der Waals surface area contributed by atoms with Crippen LogP contribution in [-0.2, 0) is 6.42 Å². The van der Waals surface area contributed by atoms with Gasteiger partial charge in [0, 0.05) is 16.5 Å². The van der Waals surface area contributed by atoms with E-state index in [0.29, 0.717) is 23.5 Å². The van der Waals surface area contributed by atoms with Crippen molar-refractivity contribution in [3.63, 3.8) is 0 Å². The Hall–Kier alpha value is -1.82. The number of nitrogens with zero attached hydrogens (tertiary/aromatic N) is 1. The molecule has 0 aliphatic heterocycles. The number of aromatic carboxylic acids is 1. The molecule has 0 amide bonds. The van der Waals surface area contributed by atoms with Gasteiger partial charge >= 0.3 is 5.97 Å². The molecule has 100 valence electrons. The number of carboxylic acids is 1. The number of aryl methyl sites for hydroxylation is 1. The van der Waals surface area contributed by atoms with Crippen LogP contribution in [0.15, 0.2) is 27.2 Å². The first-order chi connectivity index (χ1) is 9.08. The van der Waals surface area contributed by atoms with E-state index < -0.39 is 5.97 Å². The van der Waals surface area contributed by atoms with E-state index in [1.807, 2.05) is 13.0 Å². The van der Waals surface area contributed by atoms with Gasteiger partial charge in [-0.15, -0.1) is 0 Å². The molecule has 19 heavy (non-hydrogen) atoms. The normalized spacial score (nSPS) is 10.5. The van der Waals surface area contributed by atoms with E-state index in [4.69, 9.17) is 9.26 Å². The van der Waals surface area contributed by atoms with Crippen LogP contribution >= 0.6 is 15.9 Å². The average Bonchev–Trinajstić information content (AvgIpc) is 2.82. The smallest absolute Gasteiger partial charge is 0.341 e. The maximum atomic E-state index is 11.4. The quantitative estimate of drug-likeness (QED) is 0.932. The zero-order valence-electron chi connectivity index (χ0n) is 10.4. The van der Waals surface area contributed by atoms with Crippen LogP contribution < -0.4 is 4.74 Å². The summed E-state index contributed by atoms with van der Waals surface area (Å²) in [7, 11) is 1.52. The molecular formula is C13H12BrNO4. The van der Waals surface area contributed by atoms with E-state index in [1.54, 1.807) is 12.1 Å². The summed E-state index contributed by atoms with van der Waals surface area (Å²) in [6, 6.07) is 5.30. The fourth-order valence-electron chi connectivity index (χ4n) is 1.84. The van der Waals surface area contributed by atoms with Gasteiger partial charge in [0.2, 0.25) is 0 Å². The maximum absolute atomic E-state index is 11.4. The van der Waals surface area contributed by atoms with Gasteiger partial charge in [-0.2, -0.15) is 0 Å². The third-order valence-electron chi connectivity index (χ3n) is 2.71. The summed E-state index contributed by atoms with van der Waals surface area (Å²) in [5, 5.41) is 13.2. The fourth-order valence-corrected chi connectivity index (χ4v) is 2.20. The van der Waals surface area contributed by atoms with Crippen LogP contribution in [0, 0.1) is 0 Å². The van der Waals surface area contributed by atoms with Crippen molar-refractivity contribution in [2.75, 3.05) is 7.11 Å². The Kier molecular flexibility index (Phi) is 3.90. The van der Waals surface area contributed by atoms with Crippen LogP contribution in [-0.4, -0.2) is 23.3 Å². The number of hydrogen-bond acceptors (Lipinski definition) is 4. The molecule has 0 aliphatic rings. The second-order valence-electron chi connectivity index (χ2n) is 3.83. The molecular weight excluding hydrogens is 314 g/mol. The van der Waals surface area contributed by atoms with E-state index in [-0.39, 0.29) is 11.3 Å². The van der Waals surface area contributed by atoms with E-state index in [1.165, 1.54) is 7.11 Å². The highest BCUT2D eigenvalue weighted by Gasteiger charge is 2.24. The predicted molar refractivity (Wildman–Crippen MR) is 72.5 cm³/mol. The average molecular weight is 326 g/mol. The molecule has 0 unspecified atom stereocenters. The Morgan fingerprint density at radius 1 is 1.53 bits per heavy atom. The Morgan fingerprint density at radius 2 is 2.26 bits per heavy atom. The summed E-state index contributed by atoms with van der Waals surface area (Å²) < 4.78 is 11.1. The molecule has 1 N–H and O–H groups in total. The predicted octanol–water partition coefficient (Wildman–Crippen LogP) is 3.37. The molecule has 0 fully saturated rings. The third kappa shape index (κ3) is 2.49. The number of rotatable bonds is 4. The zero-order valence-corrected chi connectivity index (χ0v) is 12.0. The molecule has 0 saturated carbocycles. The van der Waals surface area contributed by atoms with Crippen LogP contribution in [0.5, 0.6) is 5.75 Å². The molecule has 1 aromatic carbocycles. The number of carboxylic acid groups (broad SMARTS) is 1. The van der Waals surface area contributed by atoms with Crippen molar-refractivity contribution >= 4 is 21.9 Å². The number of methoxy groups -OCH3 is 1. The molecule has 1 aromatic heterocycles. The highest BCUT2D eigenvalue weighted by atomic mass is 79.9. The number of carbonyl (C=O) groups is 1. The van der Waals surface area contributed by atoms with Gasteiger partial charge in [-0.1, -0.05) is 28.0 Å². The van der Waals surface area contributed by atoms with Crippen LogP contribution in [0.4, 0.5) is 0 Å². The van der Waals surface area contributed by atoms with Crippen LogP contribution in [0.2, 0.25) is 0 Å². The highest BCUT2D eigenvalue weighted by Crippen LogP contribution is 2.35. The monoisotopic (exact) mass is 325 g/mol. The second-order valence-corrected chi connectivity index (χ2v) is 4.75. The number of hydrogen-bond donors (Lipinski definition) is 1. The lowest BCUT2D eigenvalue weighted by molar-refractivity contribution is 0.0695. The van der Waals surface area contributed by atoms with Gasteiger partial charge in [0.15, 0.2) is 5.76 Å². The van der Waals surface area contributed by atoms with Crippen molar-refractivity contribution in [1.29, 1.82) is 0 Å². The molecule has 2 rings (SSSR count). The fraction of sp³-hybridized carbons (Fsp3) is 0.231. The molecule has 0 aliphatic carbocycles. The molecule has 0 atom stereocenters. The van der Waals surface area contributed by atoms with Crippen molar-refractivity contribution in [3.8, 4) is 17.0 Å². The third-order valence-corrected chi connectivity index (χ3v) is 3.21. The maximum Gasteiger partial charge on any atom is 0.341 e. The number of halogens is 1. The summed E-state index contributed by atoms with van der Waals surface area (Å²) in [5.74, 6) is -0.165. The Bertz CT molecular complexity index is 621. The first-order valence-corrected chi connectivity index (χ1v) is 6.43. The Labute approximate surface area is 118 Å². The Morgan fingerprint density at radius 3 is 2.84 bits per heavy atom. The molecule has 6 heteroatoms. The van der Waals surface area contributed by atoms with E-state index in [0.717, 1.165) is 4.47 Å². The first kappa shape index (κ1) is 13.6.